The Morgan fingerprint density at radius 2 is 1.50 bits per heavy atom. The van der Waals surface area contributed by atoms with Gasteiger partial charge in [-0.2, -0.15) is 0 Å². The van der Waals surface area contributed by atoms with Gasteiger partial charge in [0.25, 0.3) is 0 Å². The van der Waals surface area contributed by atoms with E-state index in [0.717, 1.165) is 11.6 Å². The van der Waals surface area contributed by atoms with Crippen LogP contribution in [0.5, 0.6) is 0 Å². The van der Waals surface area contributed by atoms with Crippen LogP contribution in [0.2, 0.25) is 5.02 Å². The zero-order valence-corrected chi connectivity index (χ0v) is 13.1. The van der Waals surface area contributed by atoms with Crippen molar-refractivity contribution in [2.24, 2.45) is 0 Å². The first-order valence-corrected chi connectivity index (χ1v) is 7.40. The van der Waals surface area contributed by atoms with E-state index in [9.17, 15) is 0 Å². The van der Waals surface area contributed by atoms with Crippen molar-refractivity contribution >= 4 is 34.2 Å². The molecule has 0 radical (unpaired) electrons. The minimum Gasteiger partial charge on any atom is -0.307 e. The zero-order valence-electron chi connectivity index (χ0n) is 10.2. The molecule has 0 spiro atoms. The number of halogens is 2. The summed E-state index contributed by atoms with van der Waals surface area (Å²) < 4.78 is 1.25. The average Bonchev–Trinajstić information content (AvgIpc) is 2.39. The van der Waals surface area contributed by atoms with E-state index >= 15 is 0 Å². The van der Waals surface area contributed by atoms with Crippen LogP contribution in [0.4, 0.5) is 0 Å². The molecule has 0 saturated carbocycles. The zero-order chi connectivity index (χ0) is 13.0. The summed E-state index contributed by atoms with van der Waals surface area (Å²) in [5.74, 6) is 0. The molecule has 0 saturated heterocycles. The molecular formula is C15H15ClIN. The first-order valence-electron chi connectivity index (χ1n) is 5.95. The van der Waals surface area contributed by atoms with Crippen LogP contribution in [0.15, 0.2) is 48.5 Å². The molecule has 2 rings (SSSR count). The summed E-state index contributed by atoms with van der Waals surface area (Å²) in [5, 5.41) is 4.28. The Labute approximate surface area is 127 Å². The second kappa shape index (κ2) is 6.55. The number of nitrogens with one attached hydrogen (secondary N) is 1. The normalized spacial score (nSPS) is 12.4. The van der Waals surface area contributed by atoms with Crippen molar-refractivity contribution < 1.29 is 0 Å². The fourth-order valence-electron chi connectivity index (χ4n) is 1.94. The van der Waals surface area contributed by atoms with Gasteiger partial charge in [-0.3, -0.25) is 0 Å². The molecule has 0 heterocycles. The molecular weight excluding hydrogens is 357 g/mol. The fraction of sp³-hybridized carbons (Fsp3) is 0.200. The van der Waals surface area contributed by atoms with Crippen molar-refractivity contribution in [2.75, 3.05) is 6.54 Å². The lowest BCUT2D eigenvalue weighted by Gasteiger charge is -2.19. The number of rotatable bonds is 4. The summed E-state index contributed by atoms with van der Waals surface area (Å²) in [5.41, 5.74) is 2.52. The van der Waals surface area contributed by atoms with E-state index in [1.54, 1.807) is 0 Å². The minimum absolute atomic E-state index is 0.226. The van der Waals surface area contributed by atoms with Crippen LogP contribution in [0, 0.1) is 3.57 Å². The van der Waals surface area contributed by atoms with Gasteiger partial charge in [0, 0.05) is 8.59 Å². The van der Waals surface area contributed by atoms with E-state index in [-0.39, 0.29) is 6.04 Å². The highest BCUT2D eigenvalue weighted by molar-refractivity contribution is 14.1. The predicted molar refractivity (Wildman–Crippen MR) is 86.1 cm³/mol. The molecule has 0 amide bonds. The van der Waals surface area contributed by atoms with Crippen LogP contribution >= 0.6 is 34.2 Å². The monoisotopic (exact) mass is 371 g/mol. The van der Waals surface area contributed by atoms with Gasteiger partial charge in [-0.15, -0.1) is 0 Å². The third kappa shape index (κ3) is 3.46. The first-order chi connectivity index (χ1) is 8.70. The van der Waals surface area contributed by atoms with Crippen molar-refractivity contribution in [1.82, 2.24) is 5.32 Å². The molecule has 0 aliphatic rings. The Balaban J connectivity index is 2.33. The lowest BCUT2D eigenvalue weighted by Crippen LogP contribution is -2.21. The maximum Gasteiger partial charge on any atom is 0.0576 e. The lowest BCUT2D eigenvalue weighted by atomic mass is 9.99. The topological polar surface area (TPSA) is 12.0 Å². The van der Waals surface area contributed by atoms with E-state index in [1.807, 2.05) is 12.1 Å². The summed E-state index contributed by atoms with van der Waals surface area (Å²) in [7, 11) is 0. The summed E-state index contributed by atoms with van der Waals surface area (Å²) >= 11 is 8.26. The van der Waals surface area contributed by atoms with Crippen molar-refractivity contribution in [2.45, 2.75) is 13.0 Å². The molecule has 0 bridgehead atoms. The predicted octanol–water partition coefficient (Wildman–Crippen LogP) is 4.64. The highest BCUT2D eigenvalue weighted by atomic mass is 127. The van der Waals surface area contributed by atoms with Crippen LogP contribution in [0.25, 0.3) is 0 Å². The van der Waals surface area contributed by atoms with Crippen molar-refractivity contribution in [3.63, 3.8) is 0 Å². The summed E-state index contributed by atoms with van der Waals surface area (Å²) in [6.45, 7) is 3.05. The van der Waals surface area contributed by atoms with Gasteiger partial charge in [0.2, 0.25) is 0 Å². The van der Waals surface area contributed by atoms with Crippen LogP contribution in [0.1, 0.15) is 24.1 Å². The number of hydrogen-bond acceptors (Lipinski definition) is 1. The maximum absolute atomic E-state index is 5.94. The second-order valence-electron chi connectivity index (χ2n) is 4.09. The smallest absolute Gasteiger partial charge is 0.0576 e. The van der Waals surface area contributed by atoms with E-state index in [4.69, 9.17) is 11.6 Å². The SMILES string of the molecule is CCNC(c1ccc(Cl)cc1)c1ccc(I)cc1. The second-order valence-corrected chi connectivity index (χ2v) is 5.78. The quantitative estimate of drug-likeness (QED) is 0.772. The molecule has 1 unspecified atom stereocenters. The van der Waals surface area contributed by atoms with Gasteiger partial charge in [-0.1, -0.05) is 42.8 Å². The Bertz CT molecular complexity index is 447. The van der Waals surface area contributed by atoms with Crippen LogP contribution in [0.3, 0.4) is 0 Å². The van der Waals surface area contributed by atoms with Gasteiger partial charge < -0.3 is 5.32 Å². The molecule has 0 fully saturated rings. The van der Waals surface area contributed by atoms with E-state index < -0.39 is 0 Å². The molecule has 2 aromatic carbocycles. The molecule has 1 nitrogen and oxygen atoms in total. The lowest BCUT2D eigenvalue weighted by molar-refractivity contribution is 0.630. The van der Waals surface area contributed by atoms with Crippen molar-refractivity contribution in [3.05, 3.63) is 68.3 Å². The molecule has 0 aromatic heterocycles. The Kier molecular flexibility index (Phi) is 5.03. The van der Waals surface area contributed by atoms with Gasteiger partial charge in [0.05, 0.1) is 6.04 Å². The third-order valence-corrected chi connectivity index (χ3v) is 3.79. The summed E-state index contributed by atoms with van der Waals surface area (Å²) in [6, 6.07) is 16.9. The maximum atomic E-state index is 5.94. The first kappa shape index (κ1) is 13.8. The molecule has 1 atom stereocenters. The average molecular weight is 372 g/mol. The van der Waals surface area contributed by atoms with Gasteiger partial charge in [-0.05, 0) is 64.5 Å². The summed E-state index contributed by atoms with van der Waals surface area (Å²) in [6.07, 6.45) is 0. The summed E-state index contributed by atoms with van der Waals surface area (Å²) in [4.78, 5) is 0. The molecule has 1 N–H and O–H groups in total. The number of hydrogen-bond donors (Lipinski definition) is 1. The molecule has 94 valence electrons. The Hall–Kier alpha value is -0.580. The van der Waals surface area contributed by atoms with Crippen molar-refractivity contribution in [1.29, 1.82) is 0 Å². The highest BCUT2D eigenvalue weighted by Crippen LogP contribution is 2.24. The number of benzene rings is 2. The molecule has 18 heavy (non-hydrogen) atoms. The van der Waals surface area contributed by atoms with E-state index in [0.29, 0.717) is 0 Å². The van der Waals surface area contributed by atoms with Gasteiger partial charge in [-0.25, -0.2) is 0 Å². The molecule has 0 aliphatic heterocycles. The Morgan fingerprint density at radius 3 is 2.00 bits per heavy atom. The van der Waals surface area contributed by atoms with Crippen molar-refractivity contribution in [3.8, 4) is 0 Å². The van der Waals surface area contributed by atoms with Crippen LogP contribution in [-0.2, 0) is 0 Å². The molecule has 0 aliphatic carbocycles. The molecule has 2 aromatic rings. The third-order valence-electron chi connectivity index (χ3n) is 2.81. The minimum atomic E-state index is 0.226. The van der Waals surface area contributed by atoms with E-state index in [1.165, 1.54) is 14.7 Å². The Morgan fingerprint density at radius 1 is 1.00 bits per heavy atom. The highest BCUT2D eigenvalue weighted by Gasteiger charge is 2.12. The van der Waals surface area contributed by atoms with Gasteiger partial charge in [0.15, 0.2) is 0 Å². The van der Waals surface area contributed by atoms with Crippen LogP contribution in [-0.4, -0.2) is 6.54 Å². The standard InChI is InChI=1S/C15H15ClIN/c1-2-18-15(11-3-7-13(16)8-4-11)12-5-9-14(17)10-6-12/h3-10,15,18H,2H2,1H3. The largest absolute Gasteiger partial charge is 0.307 e. The van der Waals surface area contributed by atoms with Gasteiger partial charge in [0.1, 0.15) is 0 Å². The molecule has 3 heteroatoms. The van der Waals surface area contributed by atoms with Crippen LogP contribution < -0.4 is 5.32 Å². The fourth-order valence-corrected chi connectivity index (χ4v) is 2.43. The van der Waals surface area contributed by atoms with Gasteiger partial charge >= 0.3 is 0 Å². The van der Waals surface area contributed by atoms with E-state index in [2.05, 4.69) is 71.2 Å².